The summed E-state index contributed by atoms with van der Waals surface area (Å²) in [6.07, 6.45) is 2.44. The maximum atomic E-state index is 13.0. The van der Waals surface area contributed by atoms with Gasteiger partial charge in [-0.05, 0) is 80.5 Å². The molecule has 11 nitrogen and oxygen atoms in total. The lowest BCUT2D eigenvalue weighted by Gasteiger charge is -2.32. The molecule has 2 aliphatic heterocycles. The number of nitrogens with one attached hydrogen (secondary N) is 2. The van der Waals surface area contributed by atoms with Crippen LogP contribution < -0.4 is 5.32 Å². The number of sulfonamides is 1. The molecule has 13 heteroatoms. The summed E-state index contributed by atoms with van der Waals surface area (Å²) >= 11 is 3.63. The lowest BCUT2D eigenvalue weighted by atomic mass is 10.1. The lowest BCUT2D eigenvalue weighted by molar-refractivity contribution is 0.0664. The Labute approximate surface area is 260 Å². The van der Waals surface area contributed by atoms with Crippen LogP contribution >= 0.6 is 15.9 Å². The molecule has 5 heterocycles. The number of H-pyrrole nitrogens is 1. The minimum atomic E-state index is -3.22. The molecule has 2 fully saturated rings. The van der Waals surface area contributed by atoms with E-state index in [9.17, 15) is 13.2 Å². The first kappa shape index (κ1) is 29.8. The zero-order valence-electron chi connectivity index (χ0n) is 24.9. The van der Waals surface area contributed by atoms with Crippen LogP contribution in [0.2, 0.25) is 0 Å². The molecule has 43 heavy (non-hydrogen) atoms. The minimum Gasteiger partial charge on any atom is -0.378 e. The average molecular weight is 670 g/mol. The van der Waals surface area contributed by atoms with Crippen LogP contribution in [-0.4, -0.2) is 106 Å². The fourth-order valence-electron chi connectivity index (χ4n) is 6.03. The van der Waals surface area contributed by atoms with E-state index in [1.165, 1.54) is 0 Å². The number of imidazole rings is 1. The second-order valence-corrected chi connectivity index (χ2v) is 14.5. The van der Waals surface area contributed by atoms with Crippen LogP contribution in [-0.2, 0) is 10.0 Å². The molecule has 0 radical (unpaired) electrons. The van der Waals surface area contributed by atoms with Gasteiger partial charge < -0.3 is 24.7 Å². The maximum absolute atomic E-state index is 13.0. The molecule has 1 amide bonds. The summed E-state index contributed by atoms with van der Waals surface area (Å²) in [7, 11) is -1.14. The van der Waals surface area contributed by atoms with Gasteiger partial charge in [0.25, 0.3) is 5.91 Å². The molecule has 6 rings (SSSR count). The zero-order valence-corrected chi connectivity index (χ0v) is 27.3. The van der Waals surface area contributed by atoms with Crippen molar-refractivity contribution in [2.75, 3.05) is 57.4 Å². The van der Waals surface area contributed by atoms with Crippen molar-refractivity contribution in [1.29, 1.82) is 0 Å². The van der Waals surface area contributed by atoms with Crippen molar-refractivity contribution in [3.05, 3.63) is 58.0 Å². The quantitative estimate of drug-likeness (QED) is 0.305. The van der Waals surface area contributed by atoms with Gasteiger partial charge in [-0.2, -0.15) is 4.31 Å². The summed E-state index contributed by atoms with van der Waals surface area (Å²) in [5, 5.41) is 3.54. The monoisotopic (exact) mass is 668 g/mol. The van der Waals surface area contributed by atoms with Gasteiger partial charge >= 0.3 is 0 Å². The first-order valence-corrected chi connectivity index (χ1v) is 17.0. The lowest BCUT2D eigenvalue weighted by Crippen LogP contribution is -2.47. The number of halogens is 1. The largest absolute Gasteiger partial charge is 0.378 e. The number of rotatable bonds is 7. The van der Waals surface area contributed by atoms with Crippen molar-refractivity contribution in [3.63, 3.8) is 0 Å². The third kappa shape index (κ3) is 5.70. The Kier molecular flexibility index (Phi) is 8.09. The molecule has 4 aromatic rings. The van der Waals surface area contributed by atoms with E-state index in [4.69, 9.17) is 4.98 Å². The van der Waals surface area contributed by atoms with Crippen LogP contribution in [0.3, 0.4) is 0 Å². The molecule has 0 aliphatic carbocycles. The number of aryl methyl sites for hydroxylation is 1. The van der Waals surface area contributed by atoms with Gasteiger partial charge in [-0.25, -0.2) is 18.4 Å². The molecule has 228 valence electrons. The predicted molar refractivity (Wildman–Crippen MR) is 172 cm³/mol. The number of aromatic nitrogens is 4. The fraction of sp³-hybridized carbons (Fsp3) is 0.433. The van der Waals surface area contributed by atoms with Crippen LogP contribution in [0.15, 0.2) is 41.0 Å². The topological polar surface area (TPSA) is 119 Å². The highest BCUT2D eigenvalue weighted by Gasteiger charge is 2.31. The summed E-state index contributed by atoms with van der Waals surface area (Å²) < 4.78 is 29.2. The van der Waals surface area contributed by atoms with Crippen molar-refractivity contribution in [2.24, 2.45) is 0 Å². The number of fused-ring (bicyclic) bond motifs is 1. The number of carbonyl (C=O) groups is 1. The van der Waals surface area contributed by atoms with Crippen molar-refractivity contribution < 1.29 is 13.2 Å². The third-order valence-corrected chi connectivity index (χ3v) is 11.0. The SMILES string of the molecule is CCS(=O)(=O)N1CC[C@H](Nc2c(Br)cnc3nc(-c4cc(C)n(-c5ccc(C(=O)N6CCN(C)CC6)cc5)c4C)[nH]c23)C1. The summed E-state index contributed by atoms with van der Waals surface area (Å²) in [5.74, 6) is 0.875. The number of aromatic amines is 1. The van der Waals surface area contributed by atoms with Crippen LogP contribution in [0.4, 0.5) is 5.69 Å². The highest BCUT2D eigenvalue weighted by atomic mass is 79.9. The average Bonchev–Trinajstić information content (AvgIpc) is 3.72. The number of pyridine rings is 1. The standard InChI is InChI=1S/C30H37BrN8O3S/c1-5-43(41,42)38-11-10-22(18-38)33-26-25(31)17-32-29-27(26)34-28(35-29)24-16-19(2)39(20(24)3)23-8-6-21(7-9-23)30(40)37-14-12-36(4)13-15-37/h6-9,16-17,22H,5,10-15,18H2,1-4H3,(H2,32,33,34,35)/t22-/m0/s1. The second-order valence-electron chi connectivity index (χ2n) is 11.4. The minimum absolute atomic E-state index is 0.0221. The number of hydrogen-bond donors (Lipinski definition) is 2. The van der Waals surface area contributed by atoms with E-state index < -0.39 is 10.0 Å². The smallest absolute Gasteiger partial charge is 0.253 e. The van der Waals surface area contributed by atoms with E-state index in [1.807, 2.05) is 29.2 Å². The maximum Gasteiger partial charge on any atom is 0.253 e. The van der Waals surface area contributed by atoms with Crippen molar-refractivity contribution >= 4 is 48.7 Å². The fourth-order valence-corrected chi connectivity index (χ4v) is 7.60. The molecule has 2 aliphatic rings. The summed E-state index contributed by atoms with van der Waals surface area (Å²) in [6, 6.07) is 9.89. The van der Waals surface area contributed by atoms with Crippen molar-refractivity contribution in [3.8, 4) is 17.1 Å². The Morgan fingerprint density at radius 2 is 1.84 bits per heavy atom. The second kappa shape index (κ2) is 11.7. The summed E-state index contributed by atoms with van der Waals surface area (Å²) in [5.41, 5.74) is 6.84. The van der Waals surface area contributed by atoms with E-state index in [-0.39, 0.29) is 17.7 Å². The van der Waals surface area contributed by atoms with Crippen molar-refractivity contribution in [1.82, 2.24) is 33.6 Å². The Balaban J connectivity index is 1.25. The Morgan fingerprint density at radius 3 is 2.53 bits per heavy atom. The molecule has 0 bridgehead atoms. The number of benzene rings is 1. The highest BCUT2D eigenvalue weighted by molar-refractivity contribution is 9.10. The number of piperazine rings is 1. The Hall–Kier alpha value is -3.26. The molecule has 0 saturated carbocycles. The first-order chi connectivity index (χ1) is 20.6. The number of amides is 1. The van der Waals surface area contributed by atoms with E-state index in [1.54, 1.807) is 17.4 Å². The van der Waals surface area contributed by atoms with E-state index >= 15 is 0 Å². The molecular weight excluding hydrogens is 632 g/mol. The molecule has 0 unspecified atom stereocenters. The van der Waals surface area contributed by atoms with Crippen LogP contribution in [0.1, 0.15) is 35.1 Å². The highest BCUT2D eigenvalue weighted by Crippen LogP contribution is 2.34. The van der Waals surface area contributed by atoms with Gasteiger partial charge in [-0.15, -0.1) is 0 Å². The summed E-state index contributed by atoms with van der Waals surface area (Å²) in [4.78, 5) is 30.0. The van der Waals surface area contributed by atoms with Gasteiger partial charge in [0.2, 0.25) is 10.0 Å². The van der Waals surface area contributed by atoms with Crippen molar-refractivity contribution in [2.45, 2.75) is 33.2 Å². The normalized spacial score (nSPS) is 18.5. The molecule has 1 atom stereocenters. The van der Waals surface area contributed by atoms with Gasteiger partial charge in [0.15, 0.2) is 5.65 Å². The molecule has 0 spiro atoms. The van der Waals surface area contributed by atoms with Gasteiger partial charge in [0.1, 0.15) is 11.3 Å². The van der Waals surface area contributed by atoms with Crippen LogP contribution in [0.5, 0.6) is 0 Å². The predicted octanol–water partition coefficient (Wildman–Crippen LogP) is 4.02. The zero-order chi connectivity index (χ0) is 30.5. The van der Waals surface area contributed by atoms with E-state index in [2.05, 4.69) is 67.6 Å². The molecule has 3 aromatic heterocycles. The molecule has 2 N–H and O–H groups in total. The van der Waals surface area contributed by atoms with E-state index in [0.717, 1.165) is 70.9 Å². The number of likely N-dealkylation sites (N-methyl/N-ethyl adjacent to an activating group) is 1. The molecular formula is C30H37BrN8O3S. The Morgan fingerprint density at radius 1 is 1.12 bits per heavy atom. The van der Waals surface area contributed by atoms with Gasteiger partial charge in [-0.1, -0.05) is 0 Å². The van der Waals surface area contributed by atoms with Crippen LogP contribution in [0.25, 0.3) is 28.2 Å². The molecule has 1 aromatic carbocycles. The first-order valence-electron chi connectivity index (χ1n) is 14.6. The number of nitrogens with zero attached hydrogens (tertiary/aromatic N) is 6. The van der Waals surface area contributed by atoms with Gasteiger partial charge in [0, 0.05) is 79.7 Å². The number of carbonyl (C=O) groups excluding carboxylic acids is 1. The van der Waals surface area contributed by atoms with Gasteiger partial charge in [0.05, 0.1) is 15.9 Å². The summed E-state index contributed by atoms with van der Waals surface area (Å²) in [6.45, 7) is 9.99. The van der Waals surface area contributed by atoms with Crippen LogP contribution in [0, 0.1) is 13.8 Å². The van der Waals surface area contributed by atoms with Gasteiger partial charge in [-0.3, -0.25) is 4.79 Å². The third-order valence-electron chi connectivity index (χ3n) is 8.58. The van der Waals surface area contributed by atoms with E-state index in [0.29, 0.717) is 30.1 Å². The number of hydrogen-bond acceptors (Lipinski definition) is 7. The Bertz CT molecular complexity index is 1770. The number of anilines is 1. The molecule has 2 saturated heterocycles.